The van der Waals surface area contributed by atoms with Crippen molar-refractivity contribution in [2.45, 2.75) is 214 Å². The summed E-state index contributed by atoms with van der Waals surface area (Å²) in [6.07, 6.45) is -3.95. The lowest BCUT2D eigenvalue weighted by Gasteiger charge is -2.33. The van der Waals surface area contributed by atoms with Crippen molar-refractivity contribution in [1.82, 2.24) is 83.6 Å². The number of aromatic nitrogens is 2. The number of amides is 14. The zero-order valence-electron chi connectivity index (χ0n) is 66.2. The lowest BCUT2D eigenvalue weighted by Crippen LogP contribution is -2.63. The van der Waals surface area contributed by atoms with E-state index >= 15 is 0 Å². The molecule has 2 aromatic heterocycles. The molecule has 4 aromatic rings. The topological polar surface area (TPSA) is 655 Å². The molecule has 0 saturated carbocycles. The van der Waals surface area contributed by atoms with E-state index < -0.39 is 198 Å². The molecule has 14 amide bonds. The number of carboxylic acid groups (broad SMARTS) is 1. The Hall–Kier alpha value is -11.0. The number of aromatic amines is 2. The minimum absolute atomic E-state index is 0.0147. The lowest BCUT2D eigenvalue weighted by atomic mass is 9.96. The summed E-state index contributed by atoms with van der Waals surface area (Å²) >= 11 is 0. The van der Waals surface area contributed by atoms with Crippen LogP contribution in [0.1, 0.15) is 116 Å². The molecule has 43 heteroatoms. The maximum atomic E-state index is 15.0. The van der Waals surface area contributed by atoms with Gasteiger partial charge in [-0.05, 0) is 153 Å². The standard InChI is InChI=1S/C73H112N22O16.C2HF3O2/c1-5-38(2)58-70(108)88-52(24-30-79)65(103)83-47(17-10-25-74)62(100)85-49(21-27-76)63(101)86-51(23-29-78)66(104)89-53(33-41-35-80-45-15-8-6-13-43(41)45)67(105)87-50(22-28-77)64(102)84-48(20-26-75)61(99)82-39(3)60(98)91-55(37-96)72(110)95-32-12-19-57(95)73(111)94-31-11-18-56(94)69(107)93-59(40(4)97)71(109)90-54(68(106)92-58)34-42-36-81-46-16-9-7-14-44(42)46;3-2(4,5)1(6)7/h6-9,13-16,35-36,38-40,47-59,80-81,96-97H,5,10-12,17-34,37,74-79H2,1-4H3,(H,82,99)(H,83,103)(H,84,102)(H,85,100)(H,86,101)(H,87,105)(H,88,108)(H,89,104)(H,90,109)(H,91,98)(H,92,106)(H,93,107);(H,6,7)/t38-,39-,40+,47-,48-,49+,50-,51-,52-,53-,54-,55-,56-,57+,58-,59-;/m0./s1. The Kier molecular flexibility index (Phi) is 37.6. The summed E-state index contributed by atoms with van der Waals surface area (Å²) in [4.78, 5) is 221. The fraction of sp³-hybridized carbons (Fsp3) is 0.587. The lowest BCUT2D eigenvalue weighted by molar-refractivity contribution is -0.192. The Balaban J connectivity index is 0.00000295. The van der Waals surface area contributed by atoms with E-state index in [0.717, 1.165) is 4.90 Å². The van der Waals surface area contributed by atoms with Gasteiger partial charge >= 0.3 is 12.1 Å². The van der Waals surface area contributed by atoms with E-state index in [4.69, 9.17) is 44.3 Å². The molecule has 16 atom stereocenters. The van der Waals surface area contributed by atoms with Gasteiger partial charge in [-0.15, -0.1) is 0 Å². The first-order chi connectivity index (χ1) is 56.1. The van der Waals surface area contributed by atoms with E-state index in [1.165, 1.54) is 18.7 Å². The fourth-order valence-electron chi connectivity index (χ4n) is 13.8. The fourth-order valence-corrected chi connectivity index (χ4v) is 13.8. The average Bonchev–Trinajstić information content (AvgIpc) is 1.64. The number of H-pyrrole nitrogens is 2. The summed E-state index contributed by atoms with van der Waals surface area (Å²) in [7, 11) is 0. The van der Waals surface area contributed by atoms with Crippen LogP contribution in [-0.2, 0) is 84.8 Å². The van der Waals surface area contributed by atoms with Crippen LogP contribution in [0.2, 0.25) is 0 Å². The van der Waals surface area contributed by atoms with E-state index in [-0.39, 0.29) is 136 Å². The molecule has 652 valence electrons. The number of nitrogens with one attached hydrogen (secondary N) is 14. The largest absolute Gasteiger partial charge is 0.490 e. The van der Waals surface area contributed by atoms with Crippen LogP contribution in [0.4, 0.5) is 13.2 Å². The van der Waals surface area contributed by atoms with Crippen molar-refractivity contribution >= 4 is 110 Å². The zero-order chi connectivity index (χ0) is 87.3. The molecule has 3 aliphatic rings. The van der Waals surface area contributed by atoms with Gasteiger partial charge in [-0.1, -0.05) is 56.7 Å². The van der Waals surface area contributed by atoms with Crippen LogP contribution in [0, 0.1) is 5.92 Å². The van der Waals surface area contributed by atoms with Crippen molar-refractivity contribution in [1.29, 1.82) is 0 Å². The molecule has 3 saturated heterocycles. The molecule has 7 rings (SSSR count). The first-order valence-electron chi connectivity index (χ1n) is 39.2. The number of carbonyl (C=O) groups excluding carboxylic acids is 14. The summed E-state index contributed by atoms with van der Waals surface area (Å²) in [5.74, 6) is -16.1. The molecular weight excluding hydrogens is 1550 g/mol. The monoisotopic (exact) mass is 1670 g/mol. The number of aliphatic hydroxyl groups excluding tert-OH is 2. The first kappa shape index (κ1) is 95.9. The molecule has 40 nitrogen and oxygen atoms in total. The molecular formula is C75H113F3N22O18. The molecule has 3 aliphatic heterocycles. The van der Waals surface area contributed by atoms with Crippen LogP contribution in [0.15, 0.2) is 60.9 Å². The second kappa shape index (κ2) is 46.3. The number of aliphatic hydroxyl groups is 2. The predicted molar refractivity (Wildman–Crippen MR) is 421 cm³/mol. The minimum atomic E-state index is -5.08. The van der Waals surface area contributed by atoms with Crippen molar-refractivity contribution in [2.75, 3.05) is 59.0 Å². The Morgan fingerprint density at radius 3 is 1.19 bits per heavy atom. The summed E-state index contributed by atoms with van der Waals surface area (Å²) in [6.45, 7) is 3.97. The number of carboxylic acids is 1. The zero-order valence-corrected chi connectivity index (χ0v) is 66.2. The Bertz CT molecular complexity index is 4150. The van der Waals surface area contributed by atoms with Crippen LogP contribution < -0.4 is 98.2 Å². The molecule has 29 N–H and O–H groups in total. The number of fused-ring (bicyclic) bond motifs is 4. The molecule has 5 heterocycles. The normalized spacial score (nSPS) is 26.1. The molecule has 0 bridgehead atoms. The summed E-state index contributed by atoms with van der Waals surface area (Å²) in [5.41, 5.74) is 38.4. The van der Waals surface area contributed by atoms with Crippen molar-refractivity contribution in [3.63, 3.8) is 0 Å². The second-order valence-electron chi connectivity index (χ2n) is 29.2. The number of hydrogen-bond donors (Lipinski definition) is 23. The van der Waals surface area contributed by atoms with E-state index in [1.54, 1.807) is 74.8 Å². The number of hydrogen-bond acceptors (Lipinski definition) is 23. The number of aliphatic carboxylic acids is 1. The third kappa shape index (κ3) is 26.8. The Morgan fingerprint density at radius 1 is 0.449 bits per heavy atom. The van der Waals surface area contributed by atoms with Crippen molar-refractivity contribution in [2.24, 2.45) is 40.3 Å². The maximum Gasteiger partial charge on any atom is 0.490 e. The number of nitrogens with zero attached hydrogens (tertiary/aromatic N) is 2. The number of rotatable bonds is 21. The van der Waals surface area contributed by atoms with Gasteiger partial charge in [0.1, 0.15) is 84.6 Å². The van der Waals surface area contributed by atoms with Crippen LogP contribution >= 0.6 is 0 Å². The van der Waals surface area contributed by atoms with Gasteiger partial charge in [-0.2, -0.15) is 13.2 Å². The number of para-hydroxylation sites is 2. The van der Waals surface area contributed by atoms with Gasteiger partial charge in [0.25, 0.3) is 0 Å². The third-order valence-corrected chi connectivity index (χ3v) is 20.5. The second-order valence-corrected chi connectivity index (χ2v) is 29.2. The number of alkyl halides is 3. The van der Waals surface area contributed by atoms with Gasteiger partial charge in [0.05, 0.1) is 12.7 Å². The van der Waals surface area contributed by atoms with Crippen LogP contribution in [-0.4, -0.2) is 280 Å². The smallest absolute Gasteiger partial charge is 0.475 e. The van der Waals surface area contributed by atoms with E-state index in [2.05, 4.69) is 73.8 Å². The highest BCUT2D eigenvalue weighted by Gasteiger charge is 2.46. The third-order valence-electron chi connectivity index (χ3n) is 20.5. The molecule has 3 fully saturated rings. The van der Waals surface area contributed by atoms with Crippen molar-refractivity contribution < 1.29 is 100 Å². The molecule has 118 heavy (non-hydrogen) atoms. The van der Waals surface area contributed by atoms with Crippen molar-refractivity contribution in [3.05, 3.63) is 72.1 Å². The highest BCUT2D eigenvalue weighted by Crippen LogP contribution is 2.28. The minimum Gasteiger partial charge on any atom is -0.475 e. The summed E-state index contributed by atoms with van der Waals surface area (Å²) in [6, 6.07) is -6.52. The number of halogens is 3. The SMILES string of the molecule is CC[C@H](C)[C@@H]1NC(=O)[C@H](Cc2c[nH]c3ccccc23)NC(=O)[C@H]([C@@H](C)O)NC(=O)[C@@H]2CCCN2C(=O)[C@H]2CCCN2C(=O)[C@H](CO)NC(=O)[C@H](C)NC(=O)[C@H](CCN)NC(=O)[C@H](CCN)NC(=O)[C@H](Cc2c[nH]c3ccccc23)NC(=O)[C@H](CCN)NC(=O)[C@@H](CCN)NC(=O)[C@H](CCCN)NC(=O)[C@H](CCN)NC1=O.O=C(O)C(F)(F)F. The van der Waals surface area contributed by atoms with Crippen molar-refractivity contribution in [3.8, 4) is 0 Å². The van der Waals surface area contributed by atoms with Gasteiger partial charge in [-0.25, -0.2) is 4.79 Å². The van der Waals surface area contributed by atoms with Gasteiger partial charge in [0, 0.05) is 60.1 Å². The number of carbonyl (C=O) groups is 15. The van der Waals surface area contributed by atoms with Gasteiger partial charge in [0.2, 0.25) is 82.7 Å². The molecule has 0 spiro atoms. The Labute approximate surface area is 677 Å². The van der Waals surface area contributed by atoms with Crippen LogP contribution in [0.5, 0.6) is 0 Å². The average molecular weight is 1670 g/mol. The number of nitrogens with two attached hydrogens (primary N) is 6. The van der Waals surface area contributed by atoms with Crippen LogP contribution in [0.3, 0.4) is 0 Å². The van der Waals surface area contributed by atoms with Gasteiger partial charge in [0.15, 0.2) is 0 Å². The van der Waals surface area contributed by atoms with E-state index in [9.17, 15) is 90.5 Å². The van der Waals surface area contributed by atoms with Gasteiger partial charge in [-0.3, -0.25) is 67.1 Å². The molecule has 0 unspecified atom stereocenters. The Morgan fingerprint density at radius 2 is 0.788 bits per heavy atom. The maximum absolute atomic E-state index is 15.0. The highest BCUT2D eigenvalue weighted by molar-refractivity contribution is 6.02. The molecule has 0 aliphatic carbocycles. The quantitative estimate of drug-likeness (QED) is 0.0369. The summed E-state index contributed by atoms with van der Waals surface area (Å²) < 4.78 is 31.7. The van der Waals surface area contributed by atoms with E-state index in [0.29, 0.717) is 39.4 Å². The molecule has 2 aromatic carbocycles. The van der Waals surface area contributed by atoms with Crippen LogP contribution in [0.25, 0.3) is 21.8 Å². The van der Waals surface area contributed by atoms with Gasteiger partial charge < -0.3 is 133 Å². The first-order valence-corrected chi connectivity index (χ1v) is 39.2. The highest BCUT2D eigenvalue weighted by atomic mass is 19.4. The molecule has 0 radical (unpaired) electrons. The van der Waals surface area contributed by atoms with E-state index in [1.807, 2.05) is 0 Å². The predicted octanol–water partition coefficient (Wildman–Crippen LogP) is -6.20. The summed E-state index contributed by atoms with van der Waals surface area (Å²) in [5, 5.41) is 61.7. The number of benzene rings is 2.